The van der Waals surface area contributed by atoms with Crippen LogP contribution in [0.15, 0.2) is 94.9 Å². The fourth-order valence-electron chi connectivity index (χ4n) is 6.22. The van der Waals surface area contributed by atoms with E-state index in [4.69, 9.17) is 0 Å². The third-order valence-corrected chi connectivity index (χ3v) is 10.3. The van der Waals surface area contributed by atoms with Gasteiger partial charge in [0.1, 0.15) is 10.7 Å². The summed E-state index contributed by atoms with van der Waals surface area (Å²) in [6, 6.07) is 21.9. The maximum atomic E-state index is 14.9. The van der Waals surface area contributed by atoms with Gasteiger partial charge in [0.05, 0.1) is 17.4 Å². The molecule has 0 amide bonds. The minimum absolute atomic E-state index is 0.0992. The first-order valence-corrected chi connectivity index (χ1v) is 15.0. The Balaban J connectivity index is 1.46. The van der Waals surface area contributed by atoms with Crippen LogP contribution < -0.4 is 5.56 Å². The summed E-state index contributed by atoms with van der Waals surface area (Å²) >= 11 is 0. The predicted molar refractivity (Wildman–Crippen MR) is 157 cm³/mol. The summed E-state index contributed by atoms with van der Waals surface area (Å²) in [4.78, 5) is 11.7. The van der Waals surface area contributed by atoms with E-state index in [1.165, 1.54) is 27.1 Å². The number of sulfonamides is 1. The lowest BCUT2D eigenvalue weighted by Crippen LogP contribution is -2.37. The van der Waals surface area contributed by atoms with Crippen molar-refractivity contribution >= 4 is 20.9 Å². The van der Waals surface area contributed by atoms with Gasteiger partial charge < -0.3 is 4.57 Å². The summed E-state index contributed by atoms with van der Waals surface area (Å²) in [6.45, 7) is 4.19. The number of aromatic nitrogens is 3. The number of nitrogens with zero attached hydrogens (tertiary/aromatic N) is 4. The summed E-state index contributed by atoms with van der Waals surface area (Å²) in [5, 5.41) is 5.53. The highest BCUT2D eigenvalue weighted by Crippen LogP contribution is 2.43. The Morgan fingerprint density at radius 3 is 2.49 bits per heavy atom. The van der Waals surface area contributed by atoms with Crippen molar-refractivity contribution in [2.45, 2.75) is 37.0 Å². The summed E-state index contributed by atoms with van der Waals surface area (Å²) in [6.07, 6.45) is 4.78. The molecule has 0 saturated carbocycles. The van der Waals surface area contributed by atoms with Crippen LogP contribution in [0.2, 0.25) is 0 Å². The first-order valence-electron chi connectivity index (χ1n) is 13.5. The Labute approximate surface area is 238 Å². The second kappa shape index (κ2) is 10.1. The lowest BCUT2D eigenvalue weighted by molar-refractivity contribution is 0.411. The third kappa shape index (κ3) is 4.69. The Hall–Kier alpha value is -4.08. The zero-order valence-electron chi connectivity index (χ0n) is 23.2. The molecule has 9 heteroatoms. The molecule has 6 rings (SSSR count). The molecule has 1 saturated heterocycles. The Kier molecular flexibility index (Phi) is 6.66. The normalized spacial score (nSPS) is 17.9. The molecule has 1 unspecified atom stereocenters. The van der Waals surface area contributed by atoms with Crippen molar-refractivity contribution in [3.05, 3.63) is 124 Å². The highest BCUT2D eigenvalue weighted by atomic mass is 32.2. The molecule has 210 valence electrons. The molecule has 0 radical (unpaired) electrons. The number of hydrogen-bond donors (Lipinski definition) is 0. The van der Waals surface area contributed by atoms with E-state index in [-0.39, 0.29) is 23.5 Å². The highest BCUT2D eigenvalue weighted by Gasteiger charge is 2.46. The molecule has 1 aliphatic heterocycles. The van der Waals surface area contributed by atoms with Gasteiger partial charge in [-0.2, -0.15) is 9.40 Å². The molecule has 7 nitrogen and oxygen atoms in total. The average Bonchev–Trinajstić information content (AvgIpc) is 3.55. The lowest BCUT2D eigenvalue weighted by atomic mass is 9.73. The third-order valence-electron chi connectivity index (χ3n) is 8.27. The summed E-state index contributed by atoms with van der Waals surface area (Å²) < 4.78 is 47.2. The van der Waals surface area contributed by atoms with Crippen LogP contribution in [0.4, 0.5) is 4.39 Å². The number of aryl methyl sites for hydroxylation is 3. The van der Waals surface area contributed by atoms with Crippen molar-refractivity contribution in [2.24, 2.45) is 7.05 Å². The molecule has 1 aliphatic rings. The van der Waals surface area contributed by atoms with Crippen molar-refractivity contribution in [3.63, 3.8) is 0 Å². The smallest absolute Gasteiger partial charge is 0.250 e. The zero-order chi connectivity index (χ0) is 28.9. The largest absolute Gasteiger partial charge is 0.316 e. The fraction of sp³-hybridized carbons (Fsp3) is 0.250. The topological polar surface area (TPSA) is 77.2 Å². The zero-order valence-corrected chi connectivity index (χ0v) is 24.0. The standard InChI is InChI=1S/C32H31FN4O3S/c1-22-8-7-11-28(33)31(22)41(39,40)36-15-14-32(21-36,18-24-9-5-4-6-10-24)27-17-25-19-34-37(29(25)16-23(27)2)26-12-13-30(38)35(3)20-26/h4-13,16-17,19-20H,14-15,18,21H2,1-3H3. The number of hydrogen-bond acceptors (Lipinski definition) is 4. The van der Waals surface area contributed by atoms with Gasteiger partial charge in [-0.15, -0.1) is 0 Å². The molecule has 0 spiro atoms. The van der Waals surface area contributed by atoms with Crippen LogP contribution in [-0.2, 0) is 28.9 Å². The lowest BCUT2D eigenvalue weighted by Gasteiger charge is -2.32. The fourth-order valence-corrected chi connectivity index (χ4v) is 8.01. The molecular formula is C32H31FN4O3S. The molecule has 0 bridgehead atoms. The number of pyridine rings is 1. The quantitative estimate of drug-likeness (QED) is 0.286. The number of halogens is 1. The van der Waals surface area contributed by atoms with Gasteiger partial charge in [-0.25, -0.2) is 17.5 Å². The van der Waals surface area contributed by atoms with E-state index in [9.17, 15) is 17.6 Å². The van der Waals surface area contributed by atoms with Gasteiger partial charge in [0, 0.05) is 43.2 Å². The molecule has 0 aliphatic carbocycles. The van der Waals surface area contributed by atoms with Crippen molar-refractivity contribution in [2.75, 3.05) is 13.1 Å². The second-order valence-electron chi connectivity index (χ2n) is 11.0. The minimum Gasteiger partial charge on any atom is -0.316 e. The first kappa shape index (κ1) is 27.1. The SMILES string of the molecule is Cc1cc2c(cnn2-c2ccc(=O)n(C)c2)cc1C1(Cc2ccccc2)CCN(S(=O)(=O)c2c(C)cccc2F)C1. The number of rotatable bonds is 6. The van der Waals surface area contributed by atoms with Crippen molar-refractivity contribution < 1.29 is 12.8 Å². The van der Waals surface area contributed by atoms with Crippen LogP contribution >= 0.6 is 0 Å². The Morgan fingerprint density at radius 2 is 1.76 bits per heavy atom. The molecule has 3 heterocycles. The molecule has 5 aromatic rings. The molecule has 0 N–H and O–H groups in total. The van der Waals surface area contributed by atoms with Crippen LogP contribution in [0.5, 0.6) is 0 Å². The first-order chi connectivity index (χ1) is 19.6. The summed E-state index contributed by atoms with van der Waals surface area (Å²) in [5.74, 6) is -0.728. The number of fused-ring (bicyclic) bond motifs is 1. The van der Waals surface area contributed by atoms with E-state index < -0.39 is 21.3 Å². The predicted octanol–water partition coefficient (Wildman–Crippen LogP) is 5.06. The maximum Gasteiger partial charge on any atom is 0.250 e. The van der Waals surface area contributed by atoms with Gasteiger partial charge in [0.15, 0.2) is 0 Å². The minimum atomic E-state index is -4.05. The molecular weight excluding hydrogens is 539 g/mol. The van der Waals surface area contributed by atoms with Crippen LogP contribution in [0, 0.1) is 19.7 Å². The second-order valence-corrected chi connectivity index (χ2v) is 12.9. The van der Waals surface area contributed by atoms with Crippen molar-refractivity contribution in [3.8, 4) is 5.69 Å². The van der Waals surface area contributed by atoms with Gasteiger partial charge in [-0.1, -0.05) is 42.5 Å². The van der Waals surface area contributed by atoms with Crippen molar-refractivity contribution in [1.82, 2.24) is 18.7 Å². The van der Waals surface area contributed by atoms with Gasteiger partial charge >= 0.3 is 0 Å². The van der Waals surface area contributed by atoms with E-state index >= 15 is 0 Å². The molecule has 1 fully saturated rings. The average molecular weight is 571 g/mol. The maximum absolute atomic E-state index is 14.9. The van der Waals surface area contributed by atoms with Gasteiger partial charge in [0.25, 0.3) is 0 Å². The van der Waals surface area contributed by atoms with Gasteiger partial charge in [0.2, 0.25) is 15.6 Å². The monoisotopic (exact) mass is 570 g/mol. The summed E-state index contributed by atoms with van der Waals surface area (Å²) in [7, 11) is -2.35. The van der Waals surface area contributed by atoms with E-state index in [2.05, 4.69) is 29.4 Å². The van der Waals surface area contributed by atoms with Crippen LogP contribution in [-0.4, -0.2) is 40.2 Å². The molecule has 41 heavy (non-hydrogen) atoms. The van der Waals surface area contributed by atoms with Gasteiger partial charge in [-0.05, 0) is 73.2 Å². The van der Waals surface area contributed by atoms with E-state index in [1.54, 1.807) is 38.5 Å². The summed E-state index contributed by atoms with van der Waals surface area (Å²) in [5.41, 5.74) is 4.61. The number of benzene rings is 3. The molecule has 2 aromatic heterocycles. The van der Waals surface area contributed by atoms with E-state index in [1.807, 2.05) is 29.8 Å². The van der Waals surface area contributed by atoms with Gasteiger partial charge in [-0.3, -0.25) is 4.79 Å². The Bertz CT molecular complexity index is 1930. The van der Waals surface area contributed by atoms with Crippen molar-refractivity contribution in [1.29, 1.82) is 0 Å². The van der Waals surface area contributed by atoms with Crippen LogP contribution in [0.25, 0.3) is 16.6 Å². The molecule has 1 atom stereocenters. The Morgan fingerprint density at radius 1 is 0.976 bits per heavy atom. The van der Waals surface area contributed by atoms with E-state index in [0.29, 0.717) is 18.4 Å². The highest BCUT2D eigenvalue weighted by molar-refractivity contribution is 7.89. The van der Waals surface area contributed by atoms with Crippen LogP contribution in [0.1, 0.15) is 28.7 Å². The molecule has 3 aromatic carbocycles. The van der Waals surface area contributed by atoms with E-state index in [0.717, 1.165) is 33.3 Å². The van der Waals surface area contributed by atoms with Crippen LogP contribution in [0.3, 0.4) is 0 Å².